The topological polar surface area (TPSA) is 71.4 Å². The Morgan fingerprint density at radius 1 is 1.40 bits per heavy atom. The molecule has 0 amide bonds. The van der Waals surface area contributed by atoms with Crippen LogP contribution in [0.5, 0.6) is 0 Å². The normalized spacial score (nSPS) is 8.90. The number of rotatable bonds is 3. The first-order valence-corrected chi connectivity index (χ1v) is 3.42. The first kappa shape index (κ1) is 9.16. The van der Waals surface area contributed by atoms with Crippen LogP contribution in [0.25, 0.3) is 0 Å². The van der Waals surface area contributed by atoms with E-state index in [1.165, 1.54) is 6.92 Å². The van der Waals surface area contributed by atoms with Crippen LogP contribution in [0.3, 0.4) is 0 Å². The molecule has 0 saturated carbocycles. The minimum Gasteiger partial charge on any atom is -0.475 e. The van der Waals surface area contributed by atoms with E-state index in [2.05, 4.69) is 0 Å². The molecule has 0 unspecified atom stereocenters. The van der Waals surface area contributed by atoms with E-state index in [1.807, 2.05) is 0 Å². The van der Waals surface area contributed by atoms with Gasteiger partial charge in [-0.05, 0) is 0 Å². The summed E-state index contributed by atoms with van der Waals surface area (Å²) in [5.41, 5.74) is 0. The molecule has 0 heterocycles. The van der Waals surface area contributed by atoms with Crippen LogP contribution in [-0.2, 0) is 14.4 Å². The van der Waals surface area contributed by atoms with E-state index in [-0.39, 0.29) is 10.9 Å². The van der Waals surface area contributed by atoms with Gasteiger partial charge in [0.05, 0.1) is 5.75 Å². The van der Waals surface area contributed by atoms with Crippen LogP contribution in [0.15, 0.2) is 0 Å². The molecule has 1 N–H and O–H groups in total. The Hall–Kier alpha value is -0.840. The minimum absolute atomic E-state index is 0.255. The maximum atomic E-state index is 10.3. The van der Waals surface area contributed by atoms with Crippen LogP contribution >= 0.6 is 11.8 Å². The van der Waals surface area contributed by atoms with Gasteiger partial charge in [0.25, 0.3) is 0 Å². The lowest BCUT2D eigenvalue weighted by Crippen LogP contribution is -2.15. The van der Waals surface area contributed by atoms with E-state index in [9.17, 15) is 14.4 Å². The van der Waals surface area contributed by atoms with Gasteiger partial charge in [0.1, 0.15) is 0 Å². The number of carboxylic acids is 1. The highest BCUT2D eigenvalue weighted by Crippen LogP contribution is 1.99. The Bertz CT molecular complexity index is 174. The molecule has 56 valence electrons. The first-order valence-electron chi connectivity index (χ1n) is 2.43. The molecule has 5 heteroatoms. The summed E-state index contributed by atoms with van der Waals surface area (Å²) in [7, 11) is 0. The van der Waals surface area contributed by atoms with Crippen molar-refractivity contribution < 1.29 is 19.5 Å². The minimum atomic E-state index is -1.49. The number of hydrogen-bond donors (Lipinski definition) is 1. The molecule has 0 aliphatic rings. The summed E-state index contributed by atoms with van der Waals surface area (Å²) < 4.78 is 0. The average Bonchev–Trinajstić information content (AvgIpc) is 1.82. The van der Waals surface area contributed by atoms with Crippen molar-refractivity contribution in [2.24, 2.45) is 0 Å². The molecule has 0 rings (SSSR count). The molecule has 0 bridgehead atoms. The molecule has 10 heavy (non-hydrogen) atoms. The monoisotopic (exact) mass is 162 g/mol. The zero-order chi connectivity index (χ0) is 8.15. The molecule has 0 saturated heterocycles. The maximum absolute atomic E-state index is 10.3. The highest BCUT2D eigenvalue weighted by atomic mass is 32.2. The number of Topliss-reactive ketones (excluding diaryl/α,β-unsaturated/α-hetero) is 1. The van der Waals surface area contributed by atoms with Gasteiger partial charge in [-0.3, -0.25) is 9.59 Å². The number of ketones is 1. The van der Waals surface area contributed by atoms with E-state index in [1.54, 1.807) is 0 Å². The summed E-state index contributed by atoms with van der Waals surface area (Å²) in [6, 6.07) is 0. The molecule has 0 aromatic heterocycles. The van der Waals surface area contributed by atoms with Crippen molar-refractivity contribution in [3.8, 4) is 0 Å². The van der Waals surface area contributed by atoms with Crippen molar-refractivity contribution in [1.29, 1.82) is 0 Å². The summed E-state index contributed by atoms with van der Waals surface area (Å²) in [6.07, 6.45) is 0. The van der Waals surface area contributed by atoms with Crippen molar-refractivity contribution in [3.63, 3.8) is 0 Å². The fourth-order valence-electron chi connectivity index (χ4n) is 0.229. The van der Waals surface area contributed by atoms with Gasteiger partial charge >= 0.3 is 5.97 Å². The Morgan fingerprint density at radius 2 is 1.90 bits per heavy atom. The predicted octanol–water partition coefficient (Wildman–Crippen LogP) is -0.0802. The Balaban J connectivity index is 3.60. The van der Waals surface area contributed by atoms with Crippen molar-refractivity contribution in [1.82, 2.24) is 0 Å². The third kappa shape index (κ3) is 4.08. The molecule has 0 spiro atoms. The van der Waals surface area contributed by atoms with Gasteiger partial charge in [0.15, 0.2) is 5.12 Å². The van der Waals surface area contributed by atoms with Gasteiger partial charge in [-0.2, -0.15) is 0 Å². The number of carbonyl (C=O) groups excluding carboxylic acids is 2. The molecule has 0 aliphatic heterocycles. The smallest absolute Gasteiger partial charge is 0.373 e. The molecule has 0 fully saturated rings. The fraction of sp³-hybridized carbons (Fsp3) is 0.400. The zero-order valence-electron chi connectivity index (χ0n) is 5.29. The molecule has 4 nitrogen and oxygen atoms in total. The van der Waals surface area contributed by atoms with Gasteiger partial charge in [-0.1, -0.05) is 11.8 Å². The van der Waals surface area contributed by atoms with Crippen LogP contribution in [-0.4, -0.2) is 27.7 Å². The number of aliphatic carboxylic acids is 1. The molecule has 0 aromatic carbocycles. The van der Waals surface area contributed by atoms with Gasteiger partial charge in [-0.25, -0.2) is 4.79 Å². The van der Waals surface area contributed by atoms with Crippen LogP contribution in [0, 0.1) is 0 Å². The van der Waals surface area contributed by atoms with Gasteiger partial charge < -0.3 is 5.11 Å². The average molecular weight is 162 g/mol. The van der Waals surface area contributed by atoms with Crippen LogP contribution in [0.2, 0.25) is 0 Å². The third-order valence-electron chi connectivity index (χ3n) is 0.645. The van der Waals surface area contributed by atoms with Crippen LogP contribution < -0.4 is 0 Å². The van der Waals surface area contributed by atoms with Gasteiger partial charge in [-0.15, -0.1) is 0 Å². The number of hydrogen-bond acceptors (Lipinski definition) is 4. The van der Waals surface area contributed by atoms with Crippen molar-refractivity contribution in [2.45, 2.75) is 6.92 Å². The summed E-state index contributed by atoms with van der Waals surface area (Å²) in [6.45, 7) is 1.28. The molecule has 0 aliphatic carbocycles. The molecular weight excluding hydrogens is 156 g/mol. The van der Waals surface area contributed by atoms with Crippen molar-refractivity contribution >= 4 is 28.6 Å². The standard InChI is InChI=1S/C5H6O4S/c1-3(6)10-2-4(7)5(8)9/h2H2,1H3,(H,8,9). The quantitative estimate of drug-likeness (QED) is 0.587. The largest absolute Gasteiger partial charge is 0.475 e. The molecular formula is C5H6O4S. The second-order valence-electron chi connectivity index (χ2n) is 1.51. The Kier molecular flexibility index (Phi) is 3.71. The van der Waals surface area contributed by atoms with Crippen molar-refractivity contribution in [2.75, 3.05) is 5.75 Å². The second kappa shape index (κ2) is 4.05. The fourth-order valence-corrected chi connectivity index (χ4v) is 0.687. The van der Waals surface area contributed by atoms with Crippen LogP contribution in [0.4, 0.5) is 0 Å². The third-order valence-corrected chi connectivity index (χ3v) is 1.46. The van der Waals surface area contributed by atoms with E-state index >= 15 is 0 Å². The van der Waals surface area contributed by atoms with Crippen molar-refractivity contribution in [3.05, 3.63) is 0 Å². The summed E-state index contributed by atoms with van der Waals surface area (Å²) in [4.78, 5) is 30.3. The Labute approximate surface area is 61.6 Å². The highest BCUT2D eigenvalue weighted by Gasteiger charge is 2.11. The summed E-state index contributed by atoms with van der Waals surface area (Å²) >= 11 is 0.698. The number of carbonyl (C=O) groups is 3. The van der Waals surface area contributed by atoms with E-state index in [0.29, 0.717) is 11.8 Å². The lowest BCUT2D eigenvalue weighted by atomic mass is 10.5. The zero-order valence-corrected chi connectivity index (χ0v) is 6.10. The van der Waals surface area contributed by atoms with E-state index in [4.69, 9.17) is 5.11 Å². The van der Waals surface area contributed by atoms with Gasteiger partial charge in [0, 0.05) is 6.92 Å². The molecule has 0 aromatic rings. The lowest BCUT2D eigenvalue weighted by Gasteiger charge is -1.89. The first-order chi connectivity index (χ1) is 4.54. The van der Waals surface area contributed by atoms with Crippen LogP contribution in [0.1, 0.15) is 6.92 Å². The summed E-state index contributed by atoms with van der Waals surface area (Å²) in [5.74, 6) is -2.71. The van der Waals surface area contributed by atoms with Gasteiger partial charge in [0.2, 0.25) is 5.78 Å². The highest BCUT2D eigenvalue weighted by molar-refractivity contribution is 8.14. The lowest BCUT2D eigenvalue weighted by molar-refractivity contribution is -0.147. The second-order valence-corrected chi connectivity index (χ2v) is 2.66. The van der Waals surface area contributed by atoms with E-state index < -0.39 is 11.8 Å². The Morgan fingerprint density at radius 3 is 2.20 bits per heavy atom. The number of thioether (sulfide) groups is 1. The molecule has 0 radical (unpaired) electrons. The molecule has 0 atom stereocenters. The van der Waals surface area contributed by atoms with E-state index in [0.717, 1.165) is 0 Å². The SMILES string of the molecule is CC(=O)SCC(=O)C(=O)O. The predicted molar refractivity (Wildman–Crippen MR) is 35.8 cm³/mol. The number of carboxylic acid groups (broad SMARTS) is 1. The maximum Gasteiger partial charge on any atom is 0.373 e. The summed E-state index contributed by atoms with van der Waals surface area (Å²) in [5, 5.41) is 7.77.